The van der Waals surface area contributed by atoms with Crippen molar-refractivity contribution in [1.29, 1.82) is 0 Å². The molecular formula is C14H15NO3. The van der Waals surface area contributed by atoms with Crippen LogP contribution in [-0.2, 0) is 0 Å². The molecular weight excluding hydrogens is 230 g/mol. The van der Waals surface area contributed by atoms with E-state index in [1.54, 1.807) is 44.6 Å². The van der Waals surface area contributed by atoms with E-state index in [-0.39, 0.29) is 0 Å². The van der Waals surface area contributed by atoms with E-state index in [1.807, 2.05) is 12.1 Å². The molecule has 0 atom stereocenters. The number of rotatable bonds is 4. The van der Waals surface area contributed by atoms with Crippen molar-refractivity contribution in [1.82, 2.24) is 0 Å². The Balaban J connectivity index is 2.31. The molecule has 0 spiro atoms. The molecule has 0 bridgehead atoms. The first kappa shape index (κ1) is 12.1. The van der Waals surface area contributed by atoms with Crippen LogP contribution in [0.3, 0.4) is 0 Å². The highest BCUT2D eigenvalue weighted by Crippen LogP contribution is 2.32. The maximum absolute atomic E-state index is 5.82. The third-order valence-corrected chi connectivity index (χ3v) is 2.47. The summed E-state index contributed by atoms with van der Waals surface area (Å²) in [6, 6.07) is 12.6. The van der Waals surface area contributed by atoms with Crippen molar-refractivity contribution in [2.24, 2.45) is 0 Å². The van der Waals surface area contributed by atoms with Gasteiger partial charge in [-0.25, -0.2) is 0 Å². The number of para-hydroxylation sites is 2. The summed E-state index contributed by atoms with van der Waals surface area (Å²) in [5, 5.41) is 0. The predicted octanol–water partition coefficient (Wildman–Crippen LogP) is 3.08. The van der Waals surface area contributed by atoms with Gasteiger partial charge in [0.15, 0.2) is 0 Å². The molecule has 0 heterocycles. The van der Waals surface area contributed by atoms with Crippen LogP contribution < -0.4 is 19.9 Å². The van der Waals surface area contributed by atoms with E-state index in [4.69, 9.17) is 19.9 Å². The van der Waals surface area contributed by atoms with E-state index in [0.29, 0.717) is 28.7 Å². The van der Waals surface area contributed by atoms with Crippen molar-refractivity contribution in [3.05, 3.63) is 42.5 Å². The standard InChI is InChI=1S/C14H15NO3/c1-16-10-7-11(17-2)9-12(8-10)18-14-6-4-3-5-13(14)15/h3-9H,15H2,1-2H3. The van der Waals surface area contributed by atoms with E-state index in [2.05, 4.69) is 0 Å². The molecule has 0 aliphatic rings. The molecule has 2 aromatic carbocycles. The van der Waals surface area contributed by atoms with Crippen molar-refractivity contribution < 1.29 is 14.2 Å². The topological polar surface area (TPSA) is 53.7 Å². The van der Waals surface area contributed by atoms with Gasteiger partial charge in [0.1, 0.15) is 23.0 Å². The van der Waals surface area contributed by atoms with Gasteiger partial charge in [0, 0.05) is 18.2 Å². The normalized spacial score (nSPS) is 9.89. The second kappa shape index (κ2) is 5.31. The minimum Gasteiger partial charge on any atom is -0.496 e. The van der Waals surface area contributed by atoms with Gasteiger partial charge >= 0.3 is 0 Å². The van der Waals surface area contributed by atoms with Gasteiger partial charge in [-0.15, -0.1) is 0 Å². The van der Waals surface area contributed by atoms with Crippen LogP contribution in [0.5, 0.6) is 23.0 Å². The lowest BCUT2D eigenvalue weighted by Crippen LogP contribution is -1.93. The Hall–Kier alpha value is -2.36. The number of nitrogens with two attached hydrogens (primary N) is 1. The zero-order valence-electron chi connectivity index (χ0n) is 10.3. The van der Waals surface area contributed by atoms with E-state index in [9.17, 15) is 0 Å². The summed E-state index contributed by atoms with van der Waals surface area (Å²) < 4.78 is 16.1. The zero-order chi connectivity index (χ0) is 13.0. The molecule has 4 heteroatoms. The van der Waals surface area contributed by atoms with E-state index < -0.39 is 0 Å². The van der Waals surface area contributed by atoms with Crippen LogP contribution in [0.15, 0.2) is 42.5 Å². The maximum Gasteiger partial charge on any atom is 0.150 e. The summed E-state index contributed by atoms with van der Waals surface area (Å²) in [7, 11) is 3.19. The SMILES string of the molecule is COc1cc(OC)cc(Oc2ccccc2N)c1. The first-order chi connectivity index (χ1) is 8.72. The van der Waals surface area contributed by atoms with E-state index >= 15 is 0 Å². The van der Waals surface area contributed by atoms with Crippen LogP contribution in [0, 0.1) is 0 Å². The first-order valence-electron chi connectivity index (χ1n) is 5.48. The number of hydrogen-bond acceptors (Lipinski definition) is 4. The largest absolute Gasteiger partial charge is 0.496 e. The molecule has 18 heavy (non-hydrogen) atoms. The Morgan fingerprint density at radius 2 is 1.39 bits per heavy atom. The lowest BCUT2D eigenvalue weighted by molar-refractivity contribution is 0.386. The van der Waals surface area contributed by atoms with Crippen LogP contribution in [0.1, 0.15) is 0 Å². The second-order valence-electron chi connectivity index (χ2n) is 3.69. The lowest BCUT2D eigenvalue weighted by atomic mass is 10.3. The molecule has 2 aromatic rings. The number of hydrogen-bond donors (Lipinski definition) is 1. The van der Waals surface area contributed by atoms with Crippen molar-refractivity contribution >= 4 is 5.69 Å². The predicted molar refractivity (Wildman–Crippen MR) is 70.5 cm³/mol. The van der Waals surface area contributed by atoms with Gasteiger partial charge < -0.3 is 19.9 Å². The molecule has 4 nitrogen and oxygen atoms in total. The molecule has 0 fully saturated rings. The van der Waals surface area contributed by atoms with Crippen LogP contribution in [0.4, 0.5) is 5.69 Å². The van der Waals surface area contributed by atoms with Crippen molar-refractivity contribution in [3.63, 3.8) is 0 Å². The molecule has 0 aliphatic heterocycles. The summed E-state index contributed by atoms with van der Waals surface area (Å²) >= 11 is 0. The molecule has 0 amide bonds. The summed E-state index contributed by atoms with van der Waals surface area (Å²) in [6.45, 7) is 0. The van der Waals surface area contributed by atoms with Gasteiger partial charge in [0.05, 0.1) is 19.9 Å². The molecule has 2 rings (SSSR count). The fourth-order valence-electron chi connectivity index (χ4n) is 1.54. The average Bonchev–Trinajstić information content (AvgIpc) is 2.41. The second-order valence-corrected chi connectivity index (χ2v) is 3.69. The van der Waals surface area contributed by atoms with Gasteiger partial charge in [-0.2, -0.15) is 0 Å². The fourth-order valence-corrected chi connectivity index (χ4v) is 1.54. The minimum atomic E-state index is 0.583. The molecule has 94 valence electrons. The number of ether oxygens (including phenoxy) is 3. The summed E-state index contributed by atoms with van der Waals surface area (Å²) in [5.41, 5.74) is 6.40. The van der Waals surface area contributed by atoms with E-state index in [1.165, 1.54) is 0 Å². The highest BCUT2D eigenvalue weighted by molar-refractivity contribution is 5.54. The Bertz CT molecular complexity index is 518. The van der Waals surface area contributed by atoms with Crippen molar-refractivity contribution in [2.45, 2.75) is 0 Å². The Morgan fingerprint density at radius 3 is 1.94 bits per heavy atom. The Labute approximate surface area is 106 Å². The Kier molecular flexibility index (Phi) is 3.57. The molecule has 0 aliphatic carbocycles. The third kappa shape index (κ3) is 2.66. The highest BCUT2D eigenvalue weighted by atomic mass is 16.5. The van der Waals surface area contributed by atoms with Crippen LogP contribution in [0.25, 0.3) is 0 Å². The molecule has 2 N–H and O–H groups in total. The van der Waals surface area contributed by atoms with Crippen molar-refractivity contribution in [3.8, 4) is 23.0 Å². The van der Waals surface area contributed by atoms with Crippen LogP contribution in [-0.4, -0.2) is 14.2 Å². The summed E-state index contributed by atoms with van der Waals surface area (Å²) in [5.74, 6) is 2.55. The van der Waals surface area contributed by atoms with Gasteiger partial charge in [0.2, 0.25) is 0 Å². The maximum atomic E-state index is 5.82. The highest BCUT2D eigenvalue weighted by Gasteiger charge is 2.05. The first-order valence-corrected chi connectivity index (χ1v) is 5.48. The molecule has 0 radical (unpaired) electrons. The van der Waals surface area contributed by atoms with E-state index in [0.717, 1.165) is 0 Å². The Morgan fingerprint density at radius 1 is 0.833 bits per heavy atom. The number of methoxy groups -OCH3 is 2. The molecule has 0 saturated carbocycles. The monoisotopic (exact) mass is 245 g/mol. The summed E-state index contributed by atoms with van der Waals surface area (Å²) in [6.07, 6.45) is 0. The summed E-state index contributed by atoms with van der Waals surface area (Å²) in [4.78, 5) is 0. The van der Waals surface area contributed by atoms with Gasteiger partial charge in [-0.3, -0.25) is 0 Å². The molecule has 0 unspecified atom stereocenters. The fraction of sp³-hybridized carbons (Fsp3) is 0.143. The average molecular weight is 245 g/mol. The minimum absolute atomic E-state index is 0.583. The third-order valence-electron chi connectivity index (χ3n) is 2.47. The van der Waals surface area contributed by atoms with Gasteiger partial charge in [-0.1, -0.05) is 12.1 Å². The molecule has 0 aromatic heterocycles. The molecule has 0 saturated heterocycles. The van der Waals surface area contributed by atoms with Crippen molar-refractivity contribution in [2.75, 3.05) is 20.0 Å². The zero-order valence-corrected chi connectivity index (χ0v) is 10.3. The quantitative estimate of drug-likeness (QED) is 0.841. The number of anilines is 1. The van der Waals surface area contributed by atoms with Gasteiger partial charge in [-0.05, 0) is 12.1 Å². The number of benzene rings is 2. The lowest BCUT2D eigenvalue weighted by Gasteiger charge is -2.11. The van der Waals surface area contributed by atoms with Gasteiger partial charge in [0.25, 0.3) is 0 Å². The van der Waals surface area contributed by atoms with Crippen LogP contribution in [0.2, 0.25) is 0 Å². The smallest absolute Gasteiger partial charge is 0.150 e. The van der Waals surface area contributed by atoms with Crippen LogP contribution >= 0.6 is 0 Å². The number of nitrogen functional groups attached to an aromatic ring is 1.